The van der Waals surface area contributed by atoms with E-state index in [1.165, 1.54) is 11.3 Å². The molecule has 0 radical (unpaired) electrons. The van der Waals surface area contributed by atoms with Gasteiger partial charge in [0.15, 0.2) is 5.84 Å². The van der Waals surface area contributed by atoms with Crippen molar-refractivity contribution in [2.75, 3.05) is 10.2 Å². The molecule has 0 bridgehead atoms. The molecule has 10 heteroatoms. The van der Waals surface area contributed by atoms with Crippen LogP contribution in [0.15, 0.2) is 93.6 Å². The number of anilines is 2. The summed E-state index contributed by atoms with van der Waals surface area (Å²) in [6.45, 7) is 0. The molecule has 0 aliphatic carbocycles. The Morgan fingerprint density at radius 2 is 1.59 bits per heavy atom. The number of hydrogen-bond donors (Lipinski definition) is 3. The molecule has 6 rings (SSSR count). The molecule has 0 amide bonds. The minimum atomic E-state index is -0.386. The van der Waals surface area contributed by atoms with E-state index in [9.17, 15) is 9.59 Å². The first kappa shape index (κ1) is 19.9. The van der Waals surface area contributed by atoms with E-state index in [0.29, 0.717) is 22.0 Å². The number of aromatic nitrogens is 3. The van der Waals surface area contributed by atoms with Gasteiger partial charge in [0.25, 0.3) is 11.1 Å². The van der Waals surface area contributed by atoms with Crippen LogP contribution in [0.2, 0.25) is 0 Å². The summed E-state index contributed by atoms with van der Waals surface area (Å²) in [6.07, 6.45) is 3.82. The quantitative estimate of drug-likeness (QED) is 0.373. The number of benzene rings is 3. The summed E-state index contributed by atoms with van der Waals surface area (Å²) in [6, 6.07) is 22.8. The van der Waals surface area contributed by atoms with Crippen LogP contribution in [0.3, 0.4) is 0 Å². The molecule has 0 atom stereocenters. The molecular formula is C24H17N7O2S. The standard InChI is InChI=1S/C24H17N7O2S/c32-22-17-12-11-16(14-18(17)23(33)27-26-22)30-28-21(13-10-15-6-2-1-3-7-15)29-31(30)24-25-19-8-4-5-9-20(19)34-24/h1-14H,(H,26,32)(H,27,33)(H,28,29). The Labute approximate surface area is 196 Å². The third-order valence-electron chi connectivity index (χ3n) is 5.32. The minimum Gasteiger partial charge on any atom is -0.267 e. The Morgan fingerprint density at radius 3 is 2.41 bits per heavy atom. The largest absolute Gasteiger partial charge is 0.270 e. The Bertz CT molecular complexity index is 1670. The van der Waals surface area contributed by atoms with Crippen molar-refractivity contribution >= 4 is 55.1 Å². The number of hydrazone groups is 1. The van der Waals surface area contributed by atoms with Gasteiger partial charge in [-0.25, -0.2) is 4.98 Å². The van der Waals surface area contributed by atoms with Crippen molar-refractivity contribution in [1.82, 2.24) is 20.6 Å². The summed E-state index contributed by atoms with van der Waals surface area (Å²) in [5.41, 5.74) is 5.03. The van der Waals surface area contributed by atoms with Crippen molar-refractivity contribution in [3.05, 3.63) is 105 Å². The van der Waals surface area contributed by atoms with Crippen LogP contribution in [0.25, 0.3) is 27.1 Å². The molecule has 2 aromatic heterocycles. The van der Waals surface area contributed by atoms with Gasteiger partial charge in [-0.15, -0.1) is 15.3 Å². The van der Waals surface area contributed by atoms with E-state index in [2.05, 4.69) is 15.6 Å². The van der Waals surface area contributed by atoms with Crippen LogP contribution in [0, 0.1) is 0 Å². The number of hydrazine groups is 2. The first-order chi connectivity index (χ1) is 16.7. The molecule has 1 aliphatic heterocycles. The molecule has 0 fully saturated rings. The number of amidine groups is 1. The second kappa shape index (κ2) is 8.01. The molecule has 34 heavy (non-hydrogen) atoms. The maximum absolute atomic E-state index is 12.4. The number of hydrogen-bond acceptors (Lipinski definition) is 8. The second-order valence-corrected chi connectivity index (χ2v) is 8.55. The van der Waals surface area contributed by atoms with Gasteiger partial charge in [-0.1, -0.05) is 59.9 Å². The lowest BCUT2D eigenvalue weighted by Gasteiger charge is -2.25. The third kappa shape index (κ3) is 3.51. The highest BCUT2D eigenvalue weighted by molar-refractivity contribution is 7.22. The predicted octanol–water partition coefficient (Wildman–Crippen LogP) is 3.60. The van der Waals surface area contributed by atoms with Crippen molar-refractivity contribution in [1.29, 1.82) is 0 Å². The van der Waals surface area contributed by atoms with Gasteiger partial charge in [-0.3, -0.25) is 25.2 Å². The fourth-order valence-corrected chi connectivity index (χ4v) is 4.59. The molecular weight excluding hydrogens is 450 g/mol. The lowest BCUT2D eigenvalue weighted by Crippen LogP contribution is -2.44. The van der Waals surface area contributed by atoms with E-state index in [1.807, 2.05) is 66.7 Å². The summed E-state index contributed by atoms with van der Waals surface area (Å²) in [4.78, 5) is 29.2. The van der Waals surface area contributed by atoms with Crippen LogP contribution < -0.4 is 26.8 Å². The molecule has 3 N–H and O–H groups in total. The Balaban J connectivity index is 1.45. The summed E-state index contributed by atoms with van der Waals surface area (Å²) < 4.78 is 1.04. The van der Waals surface area contributed by atoms with Crippen LogP contribution >= 0.6 is 11.3 Å². The zero-order valence-electron chi connectivity index (χ0n) is 17.6. The van der Waals surface area contributed by atoms with Gasteiger partial charge in [0, 0.05) is 0 Å². The zero-order chi connectivity index (χ0) is 23.1. The molecule has 166 valence electrons. The molecule has 0 saturated heterocycles. The highest BCUT2D eigenvalue weighted by atomic mass is 32.1. The fourth-order valence-electron chi connectivity index (χ4n) is 3.68. The Kier molecular flexibility index (Phi) is 4.70. The number of thiazole rings is 1. The average molecular weight is 468 g/mol. The molecule has 0 saturated carbocycles. The number of nitrogens with one attached hydrogen (secondary N) is 3. The van der Waals surface area contributed by atoms with Gasteiger partial charge in [0.2, 0.25) is 5.13 Å². The highest BCUT2D eigenvalue weighted by Gasteiger charge is 2.27. The normalized spacial score (nSPS) is 13.7. The van der Waals surface area contributed by atoms with Crippen LogP contribution in [0.1, 0.15) is 5.56 Å². The SMILES string of the molecule is O=c1[nH][nH]c(=O)c2cc(N3N=C(C=Cc4ccccc4)NN3c3nc4ccccc4s3)ccc12. The first-order valence-corrected chi connectivity index (χ1v) is 11.3. The monoisotopic (exact) mass is 467 g/mol. The van der Waals surface area contributed by atoms with Gasteiger partial charge in [0.1, 0.15) is 0 Å². The summed E-state index contributed by atoms with van der Waals surface area (Å²) in [5, 5.41) is 14.0. The van der Waals surface area contributed by atoms with Crippen LogP contribution in [-0.2, 0) is 0 Å². The fraction of sp³-hybridized carbons (Fsp3) is 0. The van der Waals surface area contributed by atoms with E-state index in [1.54, 1.807) is 28.4 Å². The number of aromatic amines is 2. The molecule has 3 aromatic carbocycles. The molecule has 3 heterocycles. The van der Waals surface area contributed by atoms with Crippen molar-refractivity contribution < 1.29 is 0 Å². The zero-order valence-corrected chi connectivity index (χ0v) is 18.4. The van der Waals surface area contributed by atoms with Crippen LogP contribution in [-0.4, -0.2) is 21.0 Å². The van der Waals surface area contributed by atoms with Crippen LogP contribution in [0.4, 0.5) is 10.8 Å². The maximum atomic E-state index is 12.4. The topological polar surface area (TPSA) is 109 Å². The van der Waals surface area contributed by atoms with E-state index in [0.717, 1.165) is 15.8 Å². The first-order valence-electron chi connectivity index (χ1n) is 10.4. The minimum absolute atomic E-state index is 0.272. The smallest absolute Gasteiger partial charge is 0.267 e. The van der Waals surface area contributed by atoms with E-state index in [4.69, 9.17) is 10.1 Å². The van der Waals surface area contributed by atoms with E-state index in [-0.39, 0.29) is 16.5 Å². The molecule has 1 aliphatic rings. The summed E-state index contributed by atoms with van der Waals surface area (Å²) >= 11 is 1.51. The third-order valence-corrected chi connectivity index (χ3v) is 6.33. The molecule has 5 aromatic rings. The second-order valence-electron chi connectivity index (χ2n) is 7.54. The average Bonchev–Trinajstić information content (AvgIpc) is 3.50. The number of H-pyrrole nitrogens is 2. The summed E-state index contributed by atoms with van der Waals surface area (Å²) in [5.74, 6) is 0.586. The van der Waals surface area contributed by atoms with Gasteiger partial charge < -0.3 is 0 Å². The van der Waals surface area contributed by atoms with Gasteiger partial charge in [-0.2, -0.15) is 0 Å². The summed E-state index contributed by atoms with van der Waals surface area (Å²) in [7, 11) is 0. The maximum Gasteiger partial charge on any atom is 0.270 e. The van der Waals surface area contributed by atoms with Crippen molar-refractivity contribution in [2.24, 2.45) is 5.10 Å². The van der Waals surface area contributed by atoms with Crippen molar-refractivity contribution in [2.45, 2.75) is 0 Å². The molecule has 0 spiro atoms. The van der Waals surface area contributed by atoms with Crippen molar-refractivity contribution in [3.63, 3.8) is 0 Å². The van der Waals surface area contributed by atoms with Crippen molar-refractivity contribution in [3.8, 4) is 0 Å². The Hall–Kier alpha value is -4.70. The predicted molar refractivity (Wildman–Crippen MR) is 136 cm³/mol. The van der Waals surface area contributed by atoms with E-state index < -0.39 is 0 Å². The Morgan fingerprint density at radius 1 is 0.824 bits per heavy atom. The lowest BCUT2D eigenvalue weighted by atomic mass is 10.2. The molecule has 0 unspecified atom stereocenters. The lowest BCUT2D eigenvalue weighted by molar-refractivity contribution is 0.768. The number of rotatable bonds is 4. The van der Waals surface area contributed by atoms with E-state index >= 15 is 0 Å². The van der Waals surface area contributed by atoms with Crippen LogP contribution in [0.5, 0.6) is 0 Å². The molecule has 9 nitrogen and oxygen atoms in total. The van der Waals surface area contributed by atoms with Gasteiger partial charge in [-0.05, 0) is 42.0 Å². The highest BCUT2D eigenvalue weighted by Crippen LogP contribution is 2.32. The number of para-hydroxylation sites is 1. The van der Waals surface area contributed by atoms with Gasteiger partial charge in [0.05, 0.1) is 26.7 Å². The number of fused-ring (bicyclic) bond motifs is 2. The number of nitrogens with zero attached hydrogens (tertiary/aromatic N) is 4. The van der Waals surface area contributed by atoms with Gasteiger partial charge >= 0.3 is 0 Å².